The Morgan fingerprint density at radius 3 is 2.72 bits per heavy atom. The summed E-state index contributed by atoms with van der Waals surface area (Å²) in [5.74, 6) is 1.01. The van der Waals surface area contributed by atoms with E-state index < -0.39 is 12.1 Å². The summed E-state index contributed by atoms with van der Waals surface area (Å²) < 4.78 is 5.35. The minimum Gasteiger partial charge on any atom is -0.497 e. The number of rotatable bonds is 9. The molecular formula is C30H36N2O4. The summed E-state index contributed by atoms with van der Waals surface area (Å²) >= 11 is 0. The Bertz CT molecular complexity index is 1180. The quantitative estimate of drug-likeness (QED) is 0.427. The van der Waals surface area contributed by atoms with Gasteiger partial charge in [-0.05, 0) is 91.8 Å². The molecule has 1 aliphatic carbocycles. The molecule has 36 heavy (non-hydrogen) atoms. The van der Waals surface area contributed by atoms with Gasteiger partial charge in [0.15, 0.2) is 0 Å². The molecule has 1 aliphatic heterocycles. The van der Waals surface area contributed by atoms with Crippen LogP contribution in [0.1, 0.15) is 55.3 Å². The van der Waals surface area contributed by atoms with Crippen LogP contribution in [0.25, 0.3) is 10.9 Å². The monoisotopic (exact) mass is 488 g/mol. The molecule has 2 heterocycles. The van der Waals surface area contributed by atoms with Crippen LogP contribution in [0.15, 0.2) is 60.8 Å². The molecule has 190 valence electrons. The molecule has 6 nitrogen and oxygen atoms in total. The second-order valence-electron chi connectivity index (χ2n) is 10.6. The number of carboxylic acid groups (broad SMARTS) is 1. The fourth-order valence-electron chi connectivity index (χ4n) is 6.20. The maximum atomic E-state index is 12.2. The summed E-state index contributed by atoms with van der Waals surface area (Å²) in [6.45, 7) is 2.54. The second kappa shape index (κ2) is 11.0. The van der Waals surface area contributed by atoms with Crippen LogP contribution < -0.4 is 4.74 Å². The average Bonchev–Trinajstić information content (AvgIpc) is 2.89. The van der Waals surface area contributed by atoms with Crippen molar-refractivity contribution in [1.82, 2.24) is 9.88 Å². The summed E-state index contributed by atoms with van der Waals surface area (Å²) in [7, 11) is 1.62. The van der Waals surface area contributed by atoms with Gasteiger partial charge in [-0.3, -0.25) is 9.78 Å². The normalized spacial score (nSPS) is 25.3. The van der Waals surface area contributed by atoms with E-state index in [0.717, 1.165) is 41.7 Å². The number of piperidine rings is 1. The van der Waals surface area contributed by atoms with Crippen LogP contribution >= 0.6 is 0 Å². The van der Waals surface area contributed by atoms with E-state index in [2.05, 4.69) is 40.2 Å². The zero-order chi connectivity index (χ0) is 25.1. The fourth-order valence-corrected chi connectivity index (χ4v) is 6.20. The molecule has 2 aromatic carbocycles. The van der Waals surface area contributed by atoms with Crippen molar-refractivity contribution in [2.45, 2.75) is 44.1 Å². The highest BCUT2D eigenvalue weighted by Gasteiger charge is 2.37. The van der Waals surface area contributed by atoms with Crippen LogP contribution in [0.4, 0.5) is 0 Å². The van der Waals surface area contributed by atoms with E-state index in [4.69, 9.17) is 4.74 Å². The Balaban J connectivity index is 1.16. The van der Waals surface area contributed by atoms with Gasteiger partial charge >= 0.3 is 5.97 Å². The Labute approximate surface area is 212 Å². The van der Waals surface area contributed by atoms with Gasteiger partial charge in [-0.25, -0.2) is 0 Å². The first-order chi connectivity index (χ1) is 17.5. The smallest absolute Gasteiger partial charge is 0.308 e. The van der Waals surface area contributed by atoms with Gasteiger partial charge in [-0.2, -0.15) is 0 Å². The topological polar surface area (TPSA) is 82.9 Å². The zero-order valence-corrected chi connectivity index (χ0v) is 20.9. The molecule has 5 rings (SSSR count). The molecule has 1 saturated carbocycles. The molecule has 1 aromatic heterocycles. The first kappa shape index (κ1) is 24.7. The molecule has 3 aromatic rings. The van der Waals surface area contributed by atoms with Crippen molar-refractivity contribution in [1.29, 1.82) is 0 Å². The summed E-state index contributed by atoms with van der Waals surface area (Å²) in [4.78, 5) is 18.9. The van der Waals surface area contributed by atoms with Gasteiger partial charge in [0, 0.05) is 24.7 Å². The molecule has 1 unspecified atom stereocenters. The van der Waals surface area contributed by atoms with E-state index in [-0.39, 0.29) is 11.8 Å². The third-order valence-electron chi connectivity index (χ3n) is 8.33. The van der Waals surface area contributed by atoms with Crippen molar-refractivity contribution in [2.75, 3.05) is 26.7 Å². The molecule has 0 radical (unpaired) electrons. The van der Waals surface area contributed by atoms with Gasteiger partial charge in [0.05, 0.1) is 24.6 Å². The largest absolute Gasteiger partial charge is 0.497 e. The molecule has 2 aliphatic rings. The van der Waals surface area contributed by atoms with E-state index in [9.17, 15) is 15.0 Å². The predicted octanol–water partition coefficient (Wildman–Crippen LogP) is 5.27. The third kappa shape index (κ3) is 5.40. The van der Waals surface area contributed by atoms with Crippen molar-refractivity contribution >= 4 is 16.9 Å². The lowest BCUT2D eigenvalue weighted by Gasteiger charge is -2.43. The number of aliphatic hydroxyl groups is 1. The van der Waals surface area contributed by atoms with Crippen LogP contribution in [0.5, 0.6) is 5.75 Å². The Morgan fingerprint density at radius 1 is 1.17 bits per heavy atom. The van der Waals surface area contributed by atoms with Crippen molar-refractivity contribution in [3.8, 4) is 5.75 Å². The minimum absolute atomic E-state index is 0.0782. The number of fused-ring (bicyclic) bond motifs is 1. The number of aliphatic carboxylic acids is 1. The van der Waals surface area contributed by atoms with Gasteiger partial charge in [0.2, 0.25) is 0 Å². The maximum Gasteiger partial charge on any atom is 0.308 e. The standard InChI is InChI=1S/C30H36N2O4/c1-36-24-8-9-28-26(17-24)25(11-13-31-28)29(33)10-7-22-12-14-32(19-27(22)30(34)35)18-20-15-23(16-20)21-5-3-2-4-6-21/h2-6,8-9,11,13,17,20,22-23,27,29,33H,7,10,12,14-16,18-19H2,1H3,(H,34,35)/t20?,22-,23?,27+,29?/m1/s1. The molecule has 2 N–H and O–H groups in total. The number of aliphatic hydroxyl groups excluding tert-OH is 1. The number of ether oxygens (including phenoxy) is 1. The maximum absolute atomic E-state index is 12.2. The number of carbonyl (C=O) groups is 1. The number of hydrogen-bond donors (Lipinski definition) is 2. The Kier molecular flexibility index (Phi) is 7.54. The summed E-state index contributed by atoms with van der Waals surface area (Å²) in [6.07, 6.45) is 5.53. The number of benzene rings is 2. The summed E-state index contributed by atoms with van der Waals surface area (Å²) in [6, 6.07) is 18.2. The highest BCUT2D eigenvalue weighted by molar-refractivity contribution is 5.83. The van der Waals surface area contributed by atoms with Crippen LogP contribution in [0, 0.1) is 17.8 Å². The van der Waals surface area contributed by atoms with Gasteiger partial charge in [0.25, 0.3) is 0 Å². The third-order valence-corrected chi connectivity index (χ3v) is 8.33. The minimum atomic E-state index is -0.714. The highest BCUT2D eigenvalue weighted by atomic mass is 16.5. The van der Waals surface area contributed by atoms with Crippen molar-refractivity contribution in [3.05, 3.63) is 71.9 Å². The number of methoxy groups -OCH3 is 1. The number of likely N-dealkylation sites (tertiary alicyclic amines) is 1. The first-order valence-electron chi connectivity index (χ1n) is 13.1. The number of nitrogens with zero attached hydrogens (tertiary/aromatic N) is 2. The van der Waals surface area contributed by atoms with E-state index in [0.29, 0.717) is 31.2 Å². The lowest BCUT2D eigenvalue weighted by atomic mass is 9.71. The molecule has 2 fully saturated rings. The Hall–Kier alpha value is -2.96. The molecule has 0 bridgehead atoms. The van der Waals surface area contributed by atoms with E-state index >= 15 is 0 Å². The average molecular weight is 489 g/mol. The molecule has 0 amide bonds. The number of pyridine rings is 1. The Morgan fingerprint density at radius 2 is 1.97 bits per heavy atom. The van der Waals surface area contributed by atoms with Crippen LogP contribution in [-0.4, -0.2) is 52.8 Å². The van der Waals surface area contributed by atoms with E-state index in [1.54, 1.807) is 13.3 Å². The number of carboxylic acids is 1. The van der Waals surface area contributed by atoms with E-state index in [1.165, 1.54) is 18.4 Å². The van der Waals surface area contributed by atoms with Crippen molar-refractivity contribution in [3.63, 3.8) is 0 Å². The number of hydrogen-bond acceptors (Lipinski definition) is 5. The van der Waals surface area contributed by atoms with Crippen molar-refractivity contribution in [2.24, 2.45) is 17.8 Å². The summed E-state index contributed by atoms with van der Waals surface area (Å²) in [5.41, 5.74) is 3.06. The number of aromatic nitrogens is 1. The molecule has 3 atom stereocenters. The molecular weight excluding hydrogens is 452 g/mol. The van der Waals surface area contributed by atoms with Crippen LogP contribution in [0.3, 0.4) is 0 Å². The van der Waals surface area contributed by atoms with Gasteiger partial charge in [-0.15, -0.1) is 0 Å². The van der Waals surface area contributed by atoms with Crippen LogP contribution in [0.2, 0.25) is 0 Å². The lowest BCUT2D eigenvalue weighted by molar-refractivity contribution is -0.146. The highest BCUT2D eigenvalue weighted by Crippen LogP contribution is 2.42. The van der Waals surface area contributed by atoms with E-state index in [1.807, 2.05) is 24.3 Å². The molecule has 0 spiro atoms. The first-order valence-corrected chi connectivity index (χ1v) is 13.1. The SMILES string of the molecule is COc1ccc2nccc(C(O)CC[C@@H]3CCN(CC4CC(c5ccccc5)C4)C[C@@H]3C(=O)O)c2c1. The van der Waals surface area contributed by atoms with Gasteiger partial charge in [-0.1, -0.05) is 30.3 Å². The van der Waals surface area contributed by atoms with Gasteiger partial charge in [0.1, 0.15) is 5.75 Å². The fraction of sp³-hybridized carbons (Fsp3) is 0.467. The summed E-state index contributed by atoms with van der Waals surface area (Å²) in [5, 5.41) is 21.9. The predicted molar refractivity (Wildman–Crippen MR) is 140 cm³/mol. The molecule has 1 saturated heterocycles. The molecule has 6 heteroatoms. The van der Waals surface area contributed by atoms with Gasteiger partial charge < -0.3 is 19.8 Å². The van der Waals surface area contributed by atoms with Crippen LogP contribution in [-0.2, 0) is 4.79 Å². The van der Waals surface area contributed by atoms with Crippen molar-refractivity contribution < 1.29 is 19.7 Å². The zero-order valence-electron chi connectivity index (χ0n) is 20.9. The second-order valence-corrected chi connectivity index (χ2v) is 10.6. The lowest BCUT2D eigenvalue weighted by Crippen LogP contribution is -2.47.